The predicted octanol–water partition coefficient (Wildman–Crippen LogP) is 4.76. The molecular weight excluding hydrogens is 365 g/mol. The molecule has 25 heavy (non-hydrogen) atoms. The first-order chi connectivity index (χ1) is 11.8. The van der Waals surface area contributed by atoms with Crippen LogP contribution < -0.4 is 5.32 Å². The third-order valence-corrected chi connectivity index (χ3v) is 3.94. The van der Waals surface area contributed by atoms with E-state index in [1.54, 1.807) is 43.3 Å². The highest BCUT2D eigenvalue weighted by Gasteiger charge is 2.15. The Balaban J connectivity index is 2.35. The first kappa shape index (κ1) is 18.5. The maximum atomic E-state index is 12.3. The average Bonchev–Trinajstić information content (AvgIpc) is 2.57. The maximum Gasteiger partial charge on any atom is 0.272 e. The molecule has 2 rings (SSSR count). The maximum absolute atomic E-state index is 12.3. The number of anilines is 1. The van der Waals surface area contributed by atoms with Crippen molar-refractivity contribution in [1.82, 2.24) is 0 Å². The second kappa shape index (κ2) is 7.79. The minimum absolute atomic E-state index is 0.0967. The third kappa shape index (κ3) is 4.35. The van der Waals surface area contributed by atoms with E-state index in [0.29, 0.717) is 11.1 Å². The highest BCUT2D eigenvalue weighted by molar-refractivity contribution is 6.40. The van der Waals surface area contributed by atoms with Crippen LogP contribution in [0.2, 0.25) is 10.0 Å². The van der Waals surface area contributed by atoms with Gasteiger partial charge in [0.05, 0.1) is 20.7 Å². The van der Waals surface area contributed by atoms with Crippen LogP contribution in [0.15, 0.2) is 42.0 Å². The summed E-state index contributed by atoms with van der Waals surface area (Å²) >= 11 is 12.0. The van der Waals surface area contributed by atoms with E-state index in [4.69, 9.17) is 23.2 Å². The van der Waals surface area contributed by atoms with Gasteiger partial charge in [-0.3, -0.25) is 14.9 Å². The van der Waals surface area contributed by atoms with Gasteiger partial charge >= 0.3 is 0 Å². The summed E-state index contributed by atoms with van der Waals surface area (Å²) in [5.41, 5.74) is 0.684. The lowest BCUT2D eigenvalue weighted by Crippen LogP contribution is -2.14. The van der Waals surface area contributed by atoms with Gasteiger partial charge in [-0.25, -0.2) is 0 Å². The Bertz CT molecular complexity index is 913. The standard InChI is InChI=1S/C17H11Cl2N3O3/c1-10-5-6-11(8-15(10)22(24)25)7-12(9-20)17(23)21-16-13(18)3-2-4-14(16)19/h2-8H,1H3,(H,21,23)/b12-7+. The number of halogens is 2. The molecule has 0 aromatic heterocycles. The van der Waals surface area contributed by atoms with Crippen molar-refractivity contribution in [3.05, 3.63) is 73.3 Å². The molecule has 1 N–H and O–H groups in total. The summed E-state index contributed by atoms with van der Waals surface area (Å²) in [4.78, 5) is 22.8. The second-order valence-corrected chi connectivity index (χ2v) is 5.84. The number of nitrogens with zero attached hydrogens (tertiary/aromatic N) is 2. The molecule has 0 saturated heterocycles. The summed E-state index contributed by atoms with van der Waals surface area (Å²) in [6, 6.07) is 10.9. The molecular formula is C17H11Cl2N3O3. The monoisotopic (exact) mass is 375 g/mol. The zero-order valence-corrected chi connectivity index (χ0v) is 14.4. The molecule has 126 valence electrons. The summed E-state index contributed by atoms with van der Waals surface area (Å²) in [6.45, 7) is 1.60. The number of aryl methyl sites for hydroxylation is 1. The fourth-order valence-electron chi connectivity index (χ4n) is 2.03. The molecule has 0 aliphatic carbocycles. The number of nitriles is 1. The smallest absolute Gasteiger partial charge is 0.272 e. The van der Waals surface area contributed by atoms with Crippen LogP contribution in [0.1, 0.15) is 11.1 Å². The lowest BCUT2D eigenvalue weighted by atomic mass is 10.1. The molecule has 8 heteroatoms. The van der Waals surface area contributed by atoms with E-state index < -0.39 is 10.8 Å². The van der Waals surface area contributed by atoms with Crippen molar-refractivity contribution in [2.24, 2.45) is 0 Å². The fourth-order valence-corrected chi connectivity index (χ4v) is 2.52. The Morgan fingerprint density at radius 3 is 2.48 bits per heavy atom. The van der Waals surface area contributed by atoms with Gasteiger partial charge < -0.3 is 5.32 Å². The van der Waals surface area contributed by atoms with Crippen LogP contribution in [0.3, 0.4) is 0 Å². The minimum atomic E-state index is -0.722. The van der Waals surface area contributed by atoms with Crippen molar-refractivity contribution in [2.75, 3.05) is 5.32 Å². The Kier molecular flexibility index (Phi) is 5.75. The normalized spacial score (nSPS) is 10.9. The number of benzene rings is 2. The van der Waals surface area contributed by atoms with E-state index in [1.165, 1.54) is 12.1 Å². The number of hydrogen-bond donors (Lipinski definition) is 1. The first-order valence-corrected chi connectivity index (χ1v) is 7.71. The van der Waals surface area contributed by atoms with Crippen molar-refractivity contribution >= 4 is 46.6 Å². The summed E-state index contributed by atoms with van der Waals surface area (Å²) in [7, 11) is 0. The topological polar surface area (TPSA) is 96.0 Å². The molecule has 2 aromatic carbocycles. The van der Waals surface area contributed by atoms with Crippen LogP contribution in [0.5, 0.6) is 0 Å². The van der Waals surface area contributed by atoms with Crippen LogP contribution in [0.25, 0.3) is 6.08 Å². The first-order valence-electron chi connectivity index (χ1n) is 6.95. The van der Waals surface area contributed by atoms with Crippen molar-refractivity contribution in [1.29, 1.82) is 5.26 Å². The molecule has 0 fully saturated rings. The van der Waals surface area contributed by atoms with Gasteiger partial charge in [0, 0.05) is 11.6 Å². The largest absolute Gasteiger partial charge is 0.319 e. The van der Waals surface area contributed by atoms with E-state index in [9.17, 15) is 20.2 Å². The molecule has 0 bridgehead atoms. The summed E-state index contributed by atoms with van der Waals surface area (Å²) in [5, 5.41) is 23.1. The Labute approximate surface area is 153 Å². The number of carbonyl (C=O) groups excluding carboxylic acids is 1. The lowest BCUT2D eigenvalue weighted by Gasteiger charge is -2.08. The van der Waals surface area contributed by atoms with Crippen molar-refractivity contribution < 1.29 is 9.72 Å². The number of nitro groups is 1. The number of hydrogen-bond acceptors (Lipinski definition) is 4. The van der Waals surface area contributed by atoms with Gasteiger partial charge in [-0.05, 0) is 30.7 Å². The van der Waals surface area contributed by atoms with Gasteiger partial charge in [-0.15, -0.1) is 0 Å². The molecule has 6 nitrogen and oxygen atoms in total. The van der Waals surface area contributed by atoms with Gasteiger partial charge in [0.25, 0.3) is 11.6 Å². The van der Waals surface area contributed by atoms with Crippen LogP contribution in [0, 0.1) is 28.4 Å². The molecule has 0 radical (unpaired) electrons. The molecule has 0 aliphatic heterocycles. The van der Waals surface area contributed by atoms with Crippen LogP contribution in [-0.2, 0) is 4.79 Å². The van der Waals surface area contributed by atoms with E-state index >= 15 is 0 Å². The quantitative estimate of drug-likeness (QED) is 0.360. The van der Waals surface area contributed by atoms with Crippen LogP contribution >= 0.6 is 23.2 Å². The Morgan fingerprint density at radius 1 is 1.28 bits per heavy atom. The average molecular weight is 376 g/mol. The highest BCUT2D eigenvalue weighted by Crippen LogP contribution is 2.30. The number of nitrogens with one attached hydrogen (secondary N) is 1. The molecule has 0 unspecified atom stereocenters. The van der Waals surface area contributed by atoms with Crippen LogP contribution in [-0.4, -0.2) is 10.8 Å². The molecule has 0 aliphatic rings. The SMILES string of the molecule is Cc1ccc(/C=C(\C#N)C(=O)Nc2c(Cl)cccc2Cl)cc1[N+](=O)[O-]. The number of rotatable bonds is 4. The van der Waals surface area contributed by atoms with Gasteiger partial charge in [0.2, 0.25) is 0 Å². The molecule has 2 aromatic rings. The van der Waals surface area contributed by atoms with Gasteiger partial charge in [0.1, 0.15) is 11.6 Å². The van der Waals surface area contributed by atoms with Gasteiger partial charge in [-0.2, -0.15) is 5.26 Å². The molecule has 0 saturated carbocycles. The minimum Gasteiger partial charge on any atom is -0.319 e. The number of nitro benzene ring substituents is 1. The van der Waals surface area contributed by atoms with Crippen LogP contribution in [0.4, 0.5) is 11.4 Å². The zero-order chi connectivity index (χ0) is 18.6. The van der Waals surface area contributed by atoms with E-state index in [2.05, 4.69) is 5.32 Å². The van der Waals surface area contributed by atoms with Crippen molar-refractivity contribution in [2.45, 2.75) is 6.92 Å². The van der Waals surface area contributed by atoms with Gasteiger partial charge in [-0.1, -0.05) is 41.4 Å². The number of amides is 1. The van der Waals surface area contributed by atoms with E-state index in [1.807, 2.05) is 0 Å². The molecule has 0 heterocycles. The molecule has 0 atom stereocenters. The third-order valence-electron chi connectivity index (χ3n) is 3.31. The second-order valence-electron chi connectivity index (χ2n) is 5.02. The summed E-state index contributed by atoms with van der Waals surface area (Å²) in [5.74, 6) is -0.722. The molecule has 0 spiro atoms. The van der Waals surface area contributed by atoms with E-state index in [0.717, 1.165) is 0 Å². The van der Waals surface area contributed by atoms with Gasteiger partial charge in [0.15, 0.2) is 0 Å². The van der Waals surface area contributed by atoms with Crippen molar-refractivity contribution in [3.63, 3.8) is 0 Å². The van der Waals surface area contributed by atoms with E-state index in [-0.39, 0.29) is 27.0 Å². The number of carbonyl (C=O) groups is 1. The summed E-state index contributed by atoms with van der Waals surface area (Å²) in [6.07, 6.45) is 1.26. The fraction of sp³-hybridized carbons (Fsp3) is 0.0588. The lowest BCUT2D eigenvalue weighted by molar-refractivity contribution is -0.385. The summed E-state index contributed by atoms with van der Waals surface area (Å²) < 4.78 is 0. The zero-order valence-electron chi connectivity index (χ0n) is 12.9. The molecule has 1 amide bonds. The number of para-hydroxylation sites is 1. The Hall–Kier alpha value is -2.88. The highest BCUT2D eigenvalue weighted by atomic mass is 35.5. The predicted molar refractivity (Wildman–Crippen MR) is 96.5 cm³/mol. The van der Waals surface area contributed by atoms with Crippen molar-refractivity contribution in [3.8, 4) is 6.07 Å². The Morgan fingerprint density at radius 2 is 1.92 bits per heavy atom.